The molecule has 0 saturated carbocycles. The van der Waals surface area contributed by atoms with Crippen LogP contribution in [0.5, 0.6) is 69.0 Å². The maximum atomic E-state index is 16.7. The van der Waals surface area contributed by atoms with E-state index >= 15 is 24.0 Å². The first-order valence-electron chi connectivity index (χ1n) is 38.4. The molecule has 0 spiro atoms. The summed E-state index contributed by atoms with van der Waals surface area (Å²) in [5, 5.41) is 168. The van der Waals surface area contributed by atoms with Crippen LogP contribution >= 0.6 is 23.2 Å². The van der Waals surface area contributed by atoms with Gasteiger partial charge in [-0.3, -0.25) is 33.6 Å². The van der Waals surface area contributed by atoms with Crippen molar-refractivity contribution in [1.82, 2.24) is 42.5 Å². The molecule has 2 fully saturated rings. The summed E-state index contributed by atoms with van der Waals surface area (Å²) in [6.45, 7) is 2.30. The molecule has 38 heteroatoms. The van der Waals surface area contributed by atoms with Gasteiger partial charge in [-0.2, -0.15) is 0 Å². The number of phenolic OH excluding ortho intramolecular Hbond substituents is 4. The van der Waals surface area contributed by atoms with Crippen LogP contribution in [0.15, 0.2) is 115 Å². The molecule has 0 unspecified atom stereocenters. The zero-order valence-electron chi connectivity index (χ0n) is 64.2. The minimum absolute atomic E-state index is 0.0840. The second kappa shape index (κ2) is 36.7. The van der Waals surface area contributed by atoms with E-state index in [0.717, 1.165) is 98.5 Å². The first kappa shape index (κ1) is 86.5. The molecule has 17 bridgehead atoms. The van der Waals surface area contributed by atoms with Gasteiger partial charge in [-0.05, 0) is 120 Å². The number of halogens is 2. The third kappa shape index (κ3) is 18.5. The Bertz CT molecular complexity index is 5080. The highest BCUT2D eigenvalue weighted by Gasteiger charge is 2.50. The van der Waals surface area contributed by atoms with Crippen LogP contribution in [-0.2, 0) is 54.3 Å². The number of amides is 7. The fraction of sp³-hybridized carbons (Fsp3) is 0.390. The van der Waals surface area contributed by atoms with E-state index in [1.807, 2.05) is 0 Å². The molecule has 15 rings (SSSR count). The van der Waals surface area contributed by atoms with E-state index in [2.05, 4.69) is 56.4 Å². The van der Waals surface area contributed by atoms with Crippen molar-refractivity contribution in [2.45, 2.75) is 175 Å². The topological polar surface area (TPSA) is 560 Å². The lowest BCUT2D eigenvalue weighted by Crippen LogP contribution is -2.65. The van der Waals surface area contributed by atoms with Crippen molar-refractivity contribution in [2.24, 2.45) is 5.92 Å². The van der Waals surface area contributed by atoms with Gasteiger partial charge in [0.15, 0.2) is 29.0 Å². The quantitative estimate of drug-likeness (QED) is 0.0578. The number of hydrogen-bond donors (Lipinski definition) is 21. The molecular weight excluding hydrogens is 1620 g/mol. The molecule has 7 amide bonds. The van der Waals surface area contributed by atoms with Crippen molar-refractivity contribution in [3.05, 3.63) is 164 Å². The Balaban J connectivity index is 1.04. The molecule has 2 saturated heterocycles. The molecule has 120 heavy (non-hydrogen) atoms. The fourth-order valence-electron chi connectivity index (χ4n) is 15.0. The molecule has 638 valence electrons. The van der Waals surface area contributed by atoms with E-state index in [1.165, 1.54) is 49.5 Å². The van der Waals surface area contributed by atoms with Gasteiger partial charge in [-0.1, -0.05) is 99.5 Å². The smallest absolute Gasteiger partial charge is 0.330 e. The van der Waals surface area contributed by atoms with Crippen molar-refractivity contribution in [3.63, 3.8) is 0 Å². The summed E-state index contributed by atoms with van der Waals surface area (Å²) in [5.74, 6) is -16.5. The number of benzene rings is 7. The predicted molar refractivity (Wildman–Crippen MR) is 418 cm³/mol. The molecule has 7 aromatic carbocycles. The number of hydrogen-bond acceptors (Lipinski definition) is 28. The first-order chi connectivity index (χ1) is 57.3. The first-order valence-corrected chi connectivity index (χ1v) is 39.2. The van der Waals surface area contributed by atoms with Crippen LogP contribution in [0.4, 0.5) is 0 Å². The monoisotopic (exact) mass is 1700 g/mol. The minimum Gasteiger partial charge on any atom is -0.508 e. The van der Waals surface area contributed by atoms with Crippen molar-refractivity contribution >= 4 is 70.5 Å². The zero-order valence-corrected chi connectivity index (χ0v) is 65.7. The summed E-state index contributed by atoms with van der Waals surface area (Å²) in [7, 11) is 1.43. The number of carbonyl (C=O) groups excluding carboxylic acids is 7. The van der Waals surface area contributed by atoms with Gasteiger partial charge in [-0.25, -0.2) is 4.79 Å². The second-order valence-electron chi connectivity index (χ2n) is 30.2. The molecule has 0 aliphatic carbocycles. The SMILES string of the molecule is CN[C@@H]1C(=O)N[C@@H]2Cc3ccc(cc3)Oc3cc4cc(c3O[C@@H]3O[C@H](CO)[C@@H](O)[C@H](O)[C@H]3NC(=O)CCCCCCCC(C)C)Oc3ccc(cc3Cl)[C@@H](O)[C@@H]3NC(=O)[C@H](NC(=O)[C@@H]4NC(=O)[C@@H](NC2=O)c2cc(cc(O)c2Cl)Oc2cc1ccc2O)c1ccc(O)c(c1)-c1c(O[C@H]2O[C@H](CO)[C@@H](O)[C@H](O)[C@@H]2O)cc(O)cc1[C@H](C(=O)O)NC3=O. The molecule has 8 heterocycles. The average Bonchev–Trinajstić information content (AvgIpc) is 0.756. The maximum Gasteiger partial charge on any atom is 0.330 e. The van der Waals surface area contributed by atoms with Gasteiger partial charge >= 0.3 is 5.97 Å². The highest BCUT2D eigenvalue weighted by molar-refractivity contribution is 6.33. The van der Waals surface area contributed by atoms with Gasteiger partial charge in [-0.15, -0.1) is 0 Å². The van der Waals surface area contributed by atoms with Crippen LogP contribution < -0.4 is 66.2 Å². The summed E-state index contributed by atoms with van der Waals surface area (Å²) in [6, 6.07) is 5.31. The maximum absolute atomic E-state index is 16.7. The average molecular weight is 1700 g/mol. The third-order valence-corrected chi connectivity index (χ3v) is 22.1. The lowest BCUT2D eigenvalue weighted by Gasteiger charge is -2.42. The summed E-state index contributed by atoms with van der Waals surface area (Å²) < 4.78 is 44.4. The molecule has 0 radical (unpaired) electrons. The van der Waals surface area contributed by atoms with Gasteiger partial charge < -0.3 is 142 Å². The van der Waals surface area contributed by atoms with Gasteiger partial charge in [0.25, 0.3) is 0 Å². The summed E-state index contributed by atoms with van der Waals surface area (Å²) >= 11 is 14.2. The fourth-order valence-corrected chi connectivity index (χ4v) is 15.5. The number of ether oxygens (including phenoxy) is 7. The Hall–Kier alpha value is -11.4. The second-order valence-corrected chi connectivity index (χ2v) is 31.0. The van der Waals surface area contributed by atoms with Crippen LogP contribution in [0, 0.1) is 5.92 Å². The number of aliphatic hydroxyl groups excluding tert-OH is 8. The van der Waals surface area contributed by atoms with Crippen LogP contribution in [0.1, 0.15) is 134 Å². The summed E-state index contributed by atoms with van der Waals surface area (Å²) in [4.78, 5) is 122. The van der Waals surface area contributed by atoms with Crippen molar-refractivity contribution < 1.29 is 138 Å². The van der Waals surface area contributed by atoms with Crippen molar-refractivity contribution in [1.29, 1.82) is 0 Å². The number of rotatable bonds is 17. The number of carboxylic acid groups (broad SMARTS) is 1. The Labute approximate surface area is 693 Å². The number of aliphatic carboxylic acids is 1. The van der Waals surface area contributed by atoms with E-state index in [4.69, 9.17) is 56.4 Å². The summed E-state index contributed by atoms with van der Waals surface area (Å²) in [6.07, 6.45) is -15.5. The van der Waals surface area contributed by atoms with E-state index in [9.17, 15) is 80.8 Å². The number of nitrogens with one attached hydrogen (secondary N) is 8. The van der Waals surface area contributed by atoms with Gasteiger partial charge in [0.05, 0.1) is 23.3 Å². The Morgan fingerprint density at radius 1 is 0.533 bits per heavy atom. The summed E-state index contributed by atoms with van der Waals surface area (Å²) in [5.41, 5.74) is -3.05. The number of carboxylic acids is 1. The molecule has 18 atom stereocenters. The van der Waals surface area contributed by atoms with Crippen LogP contribution in [-0.4, -0.2) is 207 Å². The van der Waals surface area contributed by atoms with Crippen LogP contribution in [0.2, 0.25) is 10.0 Å². The lowest BCUT2D eigenvalue weighted by molar-refractivity contribution is -0.277. The Morgan fingerprint density at radius 2 is 1.15 bits per heavy atom. The molecule has 8 aliphatic heterocycles. The minimum atomic E-state index is -2.42. The van der Waals surface area contributed by atoms with Crippen molar-refractivity contribution in [2.75, 3.05) is 20.3 Å². The third-order valence-electron chi connectivity index (χ3n) is 21.4. The number of phenols is 4. The number of unbranched alkanes of at least 4 members (excludes halogenated alkanes) is 4. The molecule has 0 aromatic heterocycles. The molecule has 8 aliphatic rings. The number of carbonyl (C=O) groups is 8. The Morgan fingerprint density at radius 3 is 1.84 bits per heavy atom. The standard InChI is InChI=1S/C82H88Cl2N8O28/c1-33(2)9-7-5-4-6-8-10-57(99)87-66-70(103)68(101)55(31-93)118-81(66)120-73-53-25-38-26-54(73)116-50-20-15-37(23-45(50)83)67(100)65-79(111)91-64(80(112)113)43-27-39(95)28-52(117-82-72(105)71(104)69(102)56(32-94)119-82)58(43)42-22-35(13-18-47(42)96)61(76(108)92-65)88-77(109)62(38)89-78(110)63-44-29-41(30-49(98)59(44)84)115-51-24-36(14-19-48(51)97)60(85-3)75(107)86-46(74(106)90-63)21-34-11-16-40(114-53)17-12-34/h11-20,22-30,33,46,55-56,60-72,81-82,85,93-98,100-105H,4-10,21,31-32H2,1-3H3,(H,86,107)(H,87,99)(H,88,109)(H,89,110)(H,90,106)(H,91,111)(H,92,108)(H,112,113)/t46-,55-,56-,60+,61-,62-,63+,64-,65+,66-,67-,68-,69-,70-,71+,72+,81+,82+/m1/s1. The lowest BCUT2D eigenvalue weighted by atomic mass is 9.89. The van der Waals surface area contributed by atoms with Gasteiger partial charge in [0.2, 0.25) is 59.7 Å². The van der Waals surface area contributed by atoms with E-state index < -0.39 is 265 Å². The largest absolute Gasteiger partial charge is 0.508 e. The number of aromatic hydroxyl groups is 4. The van der Waals surface area contributed by atoms with E-state index in [0.29, 0.717) is 24.3 Å². The van der Waals surface area contributed by atoms with E-state index in [1.54, 1.807) is 0 Å². The highest BCUT2D eigenvalue weighted by atomic mass is 35.5. The van der Waals surface area contributed by atoms with Crippen molar-refractivity contribution in [3.8, 4) is 80.1 Å². The number of likely N-dealkylation sites (N-methyl/N-ethyl adjacent to an activating group) is 1. The normalized spacial score (nSPS) is 26.8. The molecule has 7 aromatic rings. The number of aliphatic hydroxyl groups is 8. The van der Waals surface area contributed by atoms with Crippen LogP contribution in [0.25, 0.3) is 11.1 Å². The Kier molecular flexibility index (Phi) is 26.4. The molecular formula is C82H88Cl2N8O28. The van der Waals surface area contributed by atoms with Crippen LogP contribution in [0.3, 0.4) is 0 Å². The highest BCUT2D eigenvalue weighted by Crippen LogP contribution is 2.50. The van der Waals surface area contributed by atoms with Gasteiger partial charge in [0, 0.05) is 47.2 Å². The predicted octanol–water partition coefficient (Wildman–Crippen LogP) is 3.70. The zero-order chi connectivity index (χ0) is 86.0. The molecule has 36 nitrogen and oxygen atoms in total. The molecule has 21 N–H and O–H groups in total. The van der Waals surface area contributed by atoms with Gasteiger partial charge in [0.1, 0.15) is 131 Å². The number of fused-ring (bicyclic) bond motifs is 14. The van der Waals surface area contributed by atoms with E-state index in [-0.39, 0.29) is 41.2 Å².